The van der Waals surface area contributed by atoms with Crippen LogP contribution in [0.25, 0.3) is 0 Å². The summed E-state index contributed by atoms with van der Waals surface area (Å²) in [6.45, 7) is 1.87. The zero-order valence-electron chi connectivity index (χ0n) is 15.0. The number of ether oxygens (including phenoxy) is 1. The van der Waals surface area contributed by atoms with Gasteiger partial charge in [-0.1, -0.05) is 11.3 Å². The SMILES string of the molecule is Cn1nnc2c1[C@H](COCc1ccccn1)CN(C(=O)c1cccnc1)C2. The highest BCUT2D eigenvalue weighted by atomic mass is 16.5. The van der Waals surface area contributed by atoms with Gasteiger partial charge < -0.3 is 9.64 Å². The summed E-state index contributed by atoms with van der Waals surface area (Å²) < 4.78 is 7.67. The molecule has 3 aromatic heterocycles. The van der Waals surface area contributed by atoms with Gasteiger partial charge in [-0.15, -0.1) is 5.10 Å². The van der Waals surface area contributed by atoms with Crippen molar-refractivity contribution in [3.63, 3.8) is 0 Å². The molecule has 0 fully saturated rings. The Kier molecular flexibility index (Phi) is 4.88. The van der Waals surface area contributed by atoms with Crippen LogP contribution in [0.5, 0.6) is 0 Å². The Morgan fingerprint density at radius 2 is 2.19 bits per heavy atom. The molecule has 0 radical (unpaired) electrons. The van der Waals surface area contributed by atoms with Crippen molar-refractivity contribution in [3.8, 4) is 0 Å². The van der Waals surface area contributed by atoms with Crippen molar-refractivity contribution < 1.29 is 9.53 Å². The van der Waals surface area contributed by atoms with Crippen LogP contribution in [0, 0.1) is 0 Å². The molecule has 4 heterocycles. The van der Waals surface area contributed by atoms with Gasteiger partial charge in [0, 0.05) is 38.1 Å². The van der Waals surface area contributed by atoms with Crippen LogP contribution in [-0.4, -0.2) is 48.9 Å². The third-order valence-corrected chi connectivity index (χ3v) is 4.60. The fourth-order valence-electron chi connectivity index (χ4n) is 3.37. The summed E-state index contributed by atoms with van der Waals surface area (Å²) in [6.07, 6.45) is 4.99. The molecule has 3 aromatic rings. The van der Waals surface area contributed by atoms with E-state index in [-0.39, 0.29) is 11.8 Å². The van der Waals surface area contributed by atoms with Crippen molar-refractivity contribution in [2.75, 3.05) is 13.2 Å². The van der Waals surface area contributed by atoms with Gasteiger partial charge in [-0.2, -0.15) is 0 Å². The lowest BCUT2D eigenvalue weighted by Crippen LogP contribution is -2.40. The van der Waals surface area contributed by atoms with E-state index < -0.39 is 0 Å². The van der Waals surface area contributed by atoms with Crippen molar-refractivity contribution in [2.24, 2.45) is 7.05 Å². The molecule has 0 aliphatic carbocycles. The van der Waals surface area contributed by atoms with E-state index >= 15 is 0 Å². The lowest BCUT2D eigenvalue weighted by molar-refractivity contribution is 0.0602. The van der Waals surface area contributed by atoms with Crippen LogP contribution in [0.4, 0.5) is 0 Å². The van der Waals surface area contributed by atoms with Crippen molar-refractivity contribution in [3.05, 3.63) is 71.6 Å². The van der Waals surface area contributed by atoms with E-state index in [1.54, 1.807) is 40.3 Å². The van der Waals surface area contributed by atoms with Gasteiger partial charge >= 0.3 is 0 Å². The number of aromatic nitrogens is 5. The third kappa shape index (κ3) is 3.70. The quantitative estimate of drug-likeness (QED) is 0.683. The Labute approximate surface area is 156 Å². The highest BCUT2D eigenvalue weighted by Crippen LogP contribution is 2.28. The van der Waals surface area contributed by atoms with Crippen LogP contribution in [0.15, 0.2) is 48.9 Å². The number of aryl methyl sites for hydroxylation is 1. The minimum absolute atomic E-state index is 0.00177. The first-order chi connectivity index (χ1) is 13.2. The van der Waals surface area contributed by atoms with Gasteiger partial charge in [0.2, 0.25) is 0 Å². The number of fused-ring (bicyclic) bond motifs is 1. The van der Waals surface area contributed by atoms with Crippen molar-refractivity contribution in [1.29, 1.82) is 0 Å². The molecule has 1 amide bonds. The molecule has 0 spiro atoms. The Morgan fingerprint density at radius 1 is 1.26 bits per heavy atom. The maximum atomic E-state index is 12.8. The lowest BCUT2D eigenvalue weighted by atomic mass is 9.98. The van der Waals surface area contributed by atoms with Crippen LogP contribution in [0.3, 0.4) is 0 Å². The average molecular weight is 364 g/mol. The second-order valence-electron chi connectivity index (χ2n) is 6.51. The molecule has 4 rings (SSSR count). The standard InChI is InChI=1S/C19H20N6O2/c1-24-18-15(12-27-13-16-6-2-3-8-21-16)10-25(11-17(18)22-23-24)19(26)14-5-4-7-20-9-14/h2-9,15H,10-13H2,1H3/t15-/m0/s1. The molecule has 8 nitrogen and oxygen atoms in total. The smallest absolute Gasteiger partial charge is 0.255 e. The minimum Gasteiger partial charge on any atom is -0.374 e. The van der Waals surface area contributed by atoms with E-state index in [9.17, 15) is 4.79 Å². The molecule has 138 valence electrons. The first-order valence-corrected chi connectivity index (χ1v) is 8.78. The maximum absolute atomic E-state index is 12.8. The molecular weight excluding hydrogens is 344 g/mol. The molecule has 0 saturated carbocycles. The Bertz CT molecular complexity index is 912. The summed E-state index contributed by atoms with van der Waals surface area (Å²) in [5, 5.41) is 8.36. The van der Waals surface area contributed by atoms with Crippen LogP contribution < -0.4 is 0 Å². The Hall–Kier alpha value is -3.13. The minimum atomic E-state index is -0.0610. The first kappa shape index (κ1) is 17.3. The molecule has 1 aliphatic rings. The van der Waals surface area contributed by atoms with Gasteiger partial charge in [0.15, 0.2) is 0 Å². The number of nitrogens with zero attached hydrogens (tertiary/aromatic N) is 6. The summed E-state index contributed by atoms with van der Waals surface area (Å²) >= 11 is 0. The average Bonchev–Trinajstić information content (AvgIpc) is 3.10. The number of amides is 1. The second kappa shape index (κ2) is 7.63. The number of carbonyl (C=O) groups excluding carboxylic acids is 1. The van der Waals surface area contributed by atoms with E-state index in [1.165, 1.54) is 0 Å². The molecule has 0 saturated heterocycles. The van der Waals surface area contributed by atoms with Gasteiger partial charge in [-0.3, -0.25) is 19.4 Å². The molecule has 0 aromatic carbocycles. The van der Waals surface area contributed by atoms with E-state index in [0.717, 1.165) is 17.1 Å². The number of rotatable bonds is 5. The zero-order chi connectivity index (χ0) is 18.6. The van der Waals surface area contributed by atoms with E-state index in [2.05, 4.69) is 20.3 Å². The first-order valence-electron chi connectivity index (χ1n) is 8.78. The number of carbonyl (C=O) groups is 1. The zero-order valence-corrected chi connectivity index (χ0v) is 15.0. The molecule has 27 heavy (non-hydrogen) atoms. The van der Waals surface area contributed by atoms with Crippen LogP contribution in [0.2, 0.25) is 0 Å². The van der Waals surface area contributed by atoms with Gasteiger partial charge in [0.25, 0.3) is 5.91 Å². The number of pyridine rings is 2. The van der Waals surface area contributed by atoms with E-state index in [4.69, 9.17) is 4.74 Å². The molecule has 0 unspecified atom stereocenters. The lowest BCUT2D eigenvalue weighted by Gasteiger charge is -2.32. The summed E-state index contributed by atoms with van der Waals surface area (Å²) in [7, 11) is 1.87. The molecule has 0 bridgehead atoms. The molecule has 0 N–H and O–H groups in total. The fraction of sp³-hybridized carbons (Fsp3) is 0.316. The summed E-state index contributed by atoms with van der Waals surface area (Å²) in [5.74, 6) is -0.0628. The predicted octanol–water partition coefficient (Wildman–Crippen LogP) is 1.56. The van der Waals surface area contributed by atoms with Crippen molar-refractivity contribution in [1.82, 2.24) is 29.9 Å². The Morgan fingerprint density at radius 3 is 2.96 bits per heavy atom. The van der Waals surface area contributed by atoms with Crippen molar-refractivity contribution >= 4 is 5.91 Å². The number of hydrogen-bond acceptors (Lipinski definition) is 6. The highest BCUT2D eigenvalue weighted by Gasteiger charge is 2.32. The predicted molar refractivity (Wildman–Crippen MR) is 96.6 cm³/mol. The topological polar surface area (TPSA) is 86.0 Å². The van der Waals surface area contributed by atoms with Gasteiger partial charge in [0.05, 0.1) is 36.7 Å². The van der Waals surface area contributed by atoms with Gasteiger partial charge in [-0.05, 0) is 24.3 Å². The van der Waals surface area contributed by atoms with Crippen molar-refractivity contribution in [2.45, 2.75) is 19.1 Å². The normalized spacial score (nSPS) is 16.2. The molecule has 1 aliphatic heterocycles. The monoisotopic (exact) mass is 364 g/mol. The molecular formula is C19H20N6O2. The van der Waals surface area contributed by atoms with Crippen LogP contribution in [-0.2, 0) is 24.9 Å². The number of hydrogen-bond donors (Lipinski definition) is 0. The third-order valence-electron chi connectivity index (χ3n) is 4.60. The second-order valence-corrected chi connectivity index (χ2v) is 6.51. The van der Waals surface area contributed by atoms with Gasteiger partial charge in [-0.25, -0.2) is 0 Å². The molecule has 8 heteroatoms. The Balaban J connectivity index is 1.49. The largest absolute Gasteiger partial charge is 0.374 e. The van der Waals surface area contributed by atoms with Crippen LogP contribution in [0.1, 0.15) is 33.4 Å². The summed E-state index contributed by atoms with van der Waals surface area (Å²) in [6, 6.07) is 9.27. The fourth-order valence-corrected chi connectivity index (χ4v) is 3.37. The van der Waals surface area contributed by atoms with Gasteiger partial charge in [0.1, 0.15) is 5.69 Å². The van der Waals surface area contributed by atoms with Crippen LogP contribution >= 0.6 is 0 Å². The maximum Gasteiger partial charge on any atom is 0.255 e. The highest BCUT2D eigenvalue weighted by molar-refractivity contribution is 5.94. The van der Waals surface area contributed by atoms with E-state index in [1.807, 2.05) is 25.2 Å². The molecule has 1 atom stereocenters. The summed E-state index contributed by atoms with van der Waals surface area (Å²) in [5.41, 5.74) is 3.27. The van der Waals surface area contributed by atoms with E-state index in [0.29, 0.717) is 31.9 Å². The summed E-state index contributed by atoms with van der Waals surface area (Å²) in [4.78, 5) is 22.9.